The Hall–Kier alpha value is -1.84. The molecule has 122 valence electrons. The molecule has 1 aromatic rings. The van der Waals surface area contributed by atoms with Crippen molar-refractivity contribution < 1.29 is 14.3 Å². The Balaban J connectivity index is 1.70. The Bertz CT molecular complexity index is 696. The van der Waals surface area contributed by atoms with E-state index in [-0.39, 0.29) is 29.7 Å². The molecule has 0 radical (unpaired) electrons. The van der Waals surface area contributed by atoms with Crippen molar-refractivity contribution in [2.75, 3.05) is 0 Å². The first-order valence-corrected chi connectivity index (χ1v) is 8.56. The monoisotopic (exact) mass is 313 g/mol. The van der Waals surface area contributed by atoms with E-state index in [0.717, 1.165) is 24.8 Å². The Morgan fingerprint density at radius 2 is 2.13 bits per heavy atom. The summed E-state index contributed by atoms with van der Waals surface area (Å²) in [7, 11) is 0. The maximum atomic E-state index is 12.7. The first-order valence-electron chi connectivity index (χ1n) is 8.56. The van der Waals surface area contributed by atoms with Crippen LogP contribution in [0.5, 0.6) is 5.75 Å². The molecule has 4 heteroatoms. The number of ether oxygens (including phenoxy) is 1. The van der Waals surface area contributed by atoms with Crippen LogP contribution >= 0.6 is 0 Å². The van der Waals surface area contributed by atoms with Crippen molar-refractivity contribution in [1.82, 2.24) is 4.90 Å². The molecule has 1 aromatic carbocycles. The predicted octanol–water partition coefficient (Wildman–Crippen LogP) is 3.12. The second-order valence-corrected chi connectivity index (χ2v) is 7.62. The van der Waals surface area contributed by atoms with Crippen molar-refractivity contribution in [2.45, 2.75) is 64.1 Å². The van der Waals surface area contributed by atoms with Gasteiger partial charge < -0.3 is 9.64 Å². The van der Waals surface area contributed by atoms with Crippen molar-refractivity contribution >= 4 is 11.7 Å². The molecule has 3 aliphatic rings. The number of aryl methyl sites for hydroxylation is 1. The van der Waals surface area contributed by atoms with Gasteiger partial charge in [0, 0.05) is 18.4 Å². The smallest absolute Gasteiger partial charge is 0.225 e. The molecule has 23 heavy (non-hydrogen) atoms. The summed E-state index contributed by atoms with van der Waals surface area (Å²) in [5.41, 5.74) is 1.26. The van der Waals surface area contributed by atoms with Gasteiger partial charge in [-0.05, 0) is 31.9 Å². The van der Waals surface area contributed by atoms with Gasteiger partial charge in [-0.15, -0.1) is 0 Å². The lowest BCUT2D eigenvalue weighted by atomic mass is 9.78. The molecule has 3 atom stereocenters. The number of carbonyl (C=O) groups is 2. The van der Waals surface area contributed by atoms with Gasteiger partial charge >= 0.3 is 0 Å². The summed E-state index contributed by atoms with van der Waals surface area (Å²) in [5.74, 6) is 1.03. The number of nitrogens with zero attached hydrogens (tertiary/aromatic N) is 1. The van der Waals surface area contributed by atoms with Crippen LogP contribution in [0, 0.1) is 12.8 Å². The summed E-state index contributed by atoms with van der Waals surface area (Å²) in [5, 5.41) is 0. The van der Waals surface area contributed by atoms with E-state index in [4.69, 9.17) is 4.74 Å². The Morgan fingerprint density at radius 1 is 1.35 bits per heavy atom. The third-order valence-corrected chi connectivity index (χ3v) is 5.65. The van der Waals surface area contributed by atoms with E-state index in [1.54, 1.807) is 0 Å². The molecule has 0 unspecified atom stereocenters. The standard InChI is InChI=1S/C19H23NO3/c1-11(2)18(22)20-13-5-7-17(20)19(9-13)10-15(21)14-8-12(3)4-6-16(14)23-19/h4,6,8,11,13,17H,5,7,9-10H2,1-3H3/t13-,17-,19+/m0/s1. The minimum Gasteiger partial charge on any atom is -0.484 e. The third kappa shape index (κ3) is 2.03. The van der Waals surface area contributed by atoms with Crippen LogP contribution in [0.3, 0.4) is 0 Å². The Kier molecular flexibility index (Phi) is 3.09. The molecule has 0 saturated carbocycles. The lowest BCUT2D eigenvalue weighted by Gasteiger charge is -2.40. The SMILES string of the molecule is Cc1ccc2c(c1)C(=O)C[C@@]1(C[C@@H]3CC[C@@H]1N3C(=O)C(C)C)O2. The molecule has 4 nitrogen and oxygen atoms in total. The molecular formula is C19H23NO3. The van der Waals surface area contributed by atoms with Crippen LogP contribution in [0.2, 0.25) is 0 Å². The number of hydrogen-bond donors (Lipinski definition) is 0. The zero-order valence-corrected chi connectivity index (χ0v) is 14.0. The first kappa shape index (κ1) is 14.7. The van der Waals surface area contributed by atoms with Gasteiger partial charge in [-0.3, -0.25) is 9.59 Å². The van der Waals surface area contributed by atoms with E-state index >= 15 is 0 Å². The number of benzene rings is 1. The predicted molar refractivity (Wildman–Crippen MR) is 86.6 cm³/mol. The lowest BCUT2D eigenvalue weighted by molar-refractivity contribution is -0.137. The van der Waals surface area contributed by atoms with E-state index in [1.807, 2.05) is 43.9 Å². The van der Waals surface area contributed by atoms with Gasteiger partial charge in [0.2, 0.25) is 5.91 Å². The van der Waals surface area contributed by atoms with Gasteiger partial charge in [0.15, 0.2) is 5.78 Å². The quantitative estimate of drug-likeness (QED) is 0.800. The fourth-order valence-electron chi connectivity index (χ4n) is 4.64. The van der Waals surface area contributed by atoms with E-state index in [0.29, 0.717) is 17.7 Å². The van der Waals surface area contributed by atoms with Crippen LogP contribution in [0.25, 0.3) is 0 Å². The summed E-state index contributed by atoms with van der Waals surface area (Å²) >= 11 is 0. The minimum absolute atomic E-state index is 0.0116. The fourth-order valence-corrected chi connectivity index (χ4v) is 4.64. The summed E-state index contributed by atoms with van der Waals surface area (Å²) in [6, 6.07) is 6.07. The summed E-state index contributed by atoms with van der Waals surface area (Å²) < 4.78 is 6.39. The topological polar surface area (TPSA) is 46.6 Å². The number of ketones is 1. The van der Waals surface area contributed by atoms with Crippen molar-refractivity contribution in [1.29, 1.82) is 0 Å². The molecule has 1 spiro atoms. The lowest BCUT2D eigenvalue weighted by Crippen LogP contribution is -2.52. The number of rotatable bonds is 1. The number of hydrogen-bond acceptors (Lipinski definition) is 3. The largest absolute Gasteiger partial charge is 0.484 e. The van der Waals surface area contributed by atoms with E-state index in [9.17, 15) is 9.59 Å². The normalized spacial score (nSPS) is 31.7. The zero-order chi connectivity index (χ0) is 16.4. The number of carbonyl (C=O) groups excluding carboxylic acids is 2. The molecule has 2 saturated heterocycles. The minimum atomic E-state index is -0.507. The Labute approximate surface area is 136 Å². The molecule has 4 rings (SSSR count). The number of fused-ring (bicyclic) bond motifs is 4. The second kappa shape index (κ2) is 4.83. The maximum Gasteiger partial charge on any atom is 0.225 e. The van der Waals surface area contributed by atoms with Crippen molar-refractivity contribution in [3.8, 4) is 5.75 Å². The van der Waals surface area contributed by atoms with Crippen molar-refractivity contribution in [3.05, 3.63) is 29.3 Å². The van der Waals surface area contributed by atoms with Gasteiger partial charge in [-0.25, -0.2) is 0 Å². The van der Waals surface area contributed by atoms with Crippen LogP contribution in [0.1, 0.15) is 55.5 Å². The highest BCUT2D eigenvalue weighted by atomic mass is 16.5. The zero-order valence-electron chi connectivity index (χ0n) is 14.0. The highest BCUT2D eigenvalue weighted by Gasteiger charge is 2.61. The number of Topliss-reactive ketones (excluding diaryl/α,β-unsaturated/α-hetero) is 1. The molecule has 1 amide bonds. The van der Waals surface area contributed by atoms with Gasteiger partial charge in [-0.2, -0.15) is 0 Å². The molecule has 2 bridgehead atoms. The average molecular weight is 313 g/mol. The highest BCUT2D eigenvalue weighted by Crippen LogP contribution is 2.51. The van der Waals surface area contributed by atoms with Crippen LogP contribution in [-0.4, -0.2) is 34.3 Å². The van der Waals surface area contributed by atoms with Crippen LogP contribution in [-0.2, 0) is 4.79 Å². The molecule has 0 aliphatic carbocycles. The van der Waals surface area contributed by atoms with Gasteiger partial charge in [0.1, 0.15) is 11.4 Å². The first-order chi connectivity index (χ1) is 10.9. The van der Waals surface area contributed by atoms with Crippen molar-refractivity contribution in [3.63, 3.8) is 0 Å². The van der Waals surface area contributed by atoms with Gasteiger partial charge in [0.25, 0.3) is 0 Å². The summed E-state index contributed by atoms with van der Waals surface area (Å²) in [4.78, 5) is 27.3. The average Bonchev–Trinajstić information content (AvgIpc) is 3.02. The third-order valence-electron chi connectivity index (χ3n) is 5.65. The molecule has 0 aromatic heterocycles. The van der Waals surface area contributed by atoms with Crippen LogP contribution < -0.4 is 4.74 Å². The second-order valence-electron chi connectivity index (χ2n) is 7.62. The summed E-state index contributed by atoms with van der Waals surface area (Å²) in [6.45, 7) is 5.87. The molecule has 0 N–H and O–H groups in total. The fraction of sp³-hybridized carbons (Fsp3) is 0.579. The van der Waals surface area contributed by atoms with E-state index in [1.165, 1.54) is 0 Å². The maximum absolute atomic E-state index is 12.7. The van der Waals surface area contributed by atoms with E-state index in [2.05, 4.69) is 0 Å². The highest BCUT2D eigenvalue weighted by molar-refractivity contribution is 6.00. The Morgan fingerprint density at radius 3 is 2.87 bits per heavy atom. The summed E-state index contributed by atoms with van der Waals surface area (Å²) in [6.07, 6.45) is 3.16. The van der Waals surface area contributed by atoms with Gasteiger partial charge in [-0.1, -0.05) is 25.5 Å². The molecule has 2 fully saturated rings. The number of amides is 1. The molecule has 3 heterocycles. The molecule has 3 aliphatic heterocycles. The van der Waals surface area contributed by atoms with Crippen molar-refractivity contribution in [2.24, 2.45) is 5.92 Å². The van der Waals surface area contributed by atoms with Crippen LogP contribution in [0.15, 0.2) is 18.2 Å². The van der Waals surface area contributed by atoms with Gasteiger partial charge in [0.05, 0.1) is 18.0 Å². The van der Waals surface area contributed by atoms with Crippen LogP contribution in [0.4, 0.5) is 0 Å². The molecular weight excluding hydrogens is 290 g/mol. The van der Waals surface area contributed by atoms with E-state index < -0.39 is 5.60 Å².